The molecule has 2 aliphatic heterocycles. The van der Waals surface area contributed by atoms with Gasteiger partial charge in [0.15, 0.2) is 12.6 Å². The van der Waals surface area contributed by atoms with Crippen molar-refractivity contribution < 1.29 is 78.7 Å². The van der Waals surface area contributed by atoms with E-state index in [2.05, 4.69) is 88.4 Å². The van der Waals surface area contributed by atoms with Crippen LogP contribution in [-0.2, 0) is 57.5 Å². The number of hydrogen-bond acceptors (Lipinski definition) is 16. The summed E-state index contributed by atoms with van der Waals surface area (Å²) in [5.41, 5.74) is 10.1. The van der Waals surface area contributed by atoms with Gasteiger partial charge in [0.2, 0.25) is 0 Å². The number of aliphatic hydroxyl groups excluding tert-OH is 8. The molecule has 8 N–H and O–H groups in total. The van der Waals surface area contributed by atoms with Crippen molar-refractivity contribution in [2.45, 2.75) is 166 Å². The van der Waals surface area contributed by atoms with E-state index in [1.165, 1.54) is 0 Å². The number of fused-ring (bicyclic) bond motifs is 8. The quantitative estimate of drug-likeness (QED) is 0.0379. The largest absolute Gasteiger partial charge is 0.493 e. The number of para-hydroxylation sites is 2. The van der Waals surface area contributed by atoms with Gasteiger partial charge in [-0.25, -0.2) is 0 Å². The van der Waals surface area contributed by atoms with Crippen LogP contribution in [0, 0.1) is 0 Å². The van der Waals surface area contributed by atoms with Gasteiger partial charge in [-0.1, -0.05) is 88.4 Å². The molecular weight excluding hydrogens is 953 g/mol. The minimum Gasteiger partial charge on any atom is -0.493 e. The van der Waals surface area contributed by atoms with Crippen LogP contribution in [0.4, 0.5) is 0 Å². The molecule has 4 aromatic rings. The maximum Gasteiger partial charge on any atom is 0.186 e. The molecule has 7 rings (SSSR count). The molecule has 16 nitrogen and oxygen atoms in total. The summed E-state index contributed by atoms with van der Waals surface area (Å²) in [7, 11) is 0. The second-order valence-corrected chi connectivity index (χ2v) is 19.7. The number of benzene rings is 4. The highest BCUT2D eigenvalue weighted by Gasteiger charge is 2.45. The Hall–Kier alpha value is -4.40. The lowest BCUT2D eigenvalue weighted by Crippen LogP contribution is -2.59. The molecule has 4 aromatic carbocycles. The first-order chi connectivity index (χ1) is 35.9. The molecule has 0 aromatic heterocycles. The zero-order valence-electron chi connectivity index (χ0n) is 43.5. The molecule has 2 saturated heterocycles. The van der Waals surface area contributed by atoms with Gasteiger partial charge in [-0.15, -0.1) is 0 Å². The zero-order chi connectivity index (χ0) is 52.7. The predicted octanol–water partition coefficient (Wildman–Crippen LogP) is 5.02. The van der Waals surface area contributed by atoms with E-state index in [-0.39, 0.29) is 13.2 Å². The van der Waals surface area contributed by atoms with Crippen LogP contribution in [0.2, 0.25) is 0 Å². The molecule has 2 fully saturated rings. The van der Waals surface area contributed by atoms with Gasteiger partial charge in [0, 0.05) is 25.7 Å². The van der Waals surface area contributed by atoms with Crippen LogP contribution in [-0.4, -0.2) is 155 Å². The summed E-state index contributed by atoms with van der Waals surface area (Å²) in [5, 5.41) is 82.0. The zero-order valence-corrected chi connectivity index (χ0v) is 43.5. The van der Waals surface area contributed by atoms with Crippen molar-refractivity contribution in [3.05, 3.63) is 116 Å². The van der Waals surface area contributed by atoms with E-state index in [0.717, 1.165) is 104 Å². The van der Waals surface area contributed by atoms with E-state index in [9.17, 15) is 40.9 Å². The molecule has 1 aliphatic carbocycles. The number of rotatable bonds is 24. The fourth-order valence-corrected chi connectivity index (χ4v) is 10.0. The Morgan fingerprint density at radius 2 is 0.703 bits per heavy atom. The van der Waals surface area contributed by atoms with E-state index < -0.39 is 74.6 Å². The Morgan fingerprint density at radius 3 is 0.986 bits per heavy atom. The summed E-state index contributed by atoms with van der Waals surface area (Å²) in [6.07, 6.45) is -5.98. The average molecular weight is 1030 g/mol. The van der Waals surface area contributed by atoms with Crippen molar-refractivity contribution in [1.29, 1.82) is 0 Å². The van der Waals surface area contributed by atoms with E-state index in [1.54, 1.807) is 0 Å². The Balaban J connectivity index is 1.29. The third-order valence-corrected chi connectivity index (χ3v) is 13.8. The van der Waals surface area contributed by atoms with Crippen LogP contribution in [0.15, 0.2) is 60.7 Å². The van der Waals surface area contributed by atoms with Crippen LogP contribution in [0.3, 0.4) is 0 Å². The van der Waals surface area contributed by atoms with Crippen molar-refractivity contribution in [3.8, 4) is 23.0 Å². The number of ether oxygens (including phenoxy) is 8. The summed E-state index contributed by atoms with van der Waals surface area (Å²) >= 11 is 0. The lowest BCUT2D eigenvalue weighted by molar-refractivity contribution is -0.301. The summed E-state index contributed by atoms with van der Waals surface area (Å²) in [6.45, 7) is 9.71. The normalized spacial score (nSPS) is 24.9. The van der Waals surface area contributed by atoms with E-state index >= 15 is 0 Å². The third-order valence-electron chi connectivity index (χ3n) is 13.8. The minimum atomic E-state index is -1.53. The smallest absolute Gasteiger partial charge is 0.186 e. The molecule has 8 bridgehead atoms. The van der Waals surface area contributed by atoms with Crippen molar-refractivity contribution >= 4 is 0 Å². The van der Waals surface area contributed by atoms with E-state index in [1.807, 2.05) is 0 Å². The fourth-order valence-electron chi connectivity index (χ4n) is 10.0. The van der Waals surface area contributed by atoms with Crippen LogP contribution in [0.25, 0.3) is 0 Å². The van der Waals surface area contributed by atoms with Crippen LogP contribution < -0.4 is 18.9 Å². The van der Waals surface area contributed by atoms with Crippen molar-refractivity contribution in [2.24, 2.45) is 0 Å². The highest BCUT2D eigenvalue weighted by molar-refractivity contribution is 5.57. The maximum absolute atomic E-state index is 10.6. The Labute approximate surface area is 435 Å². The van der Waals surface area contributed by atoms with Gasteiger partial charge in [0.1, 0.15) is 71.8 Å². The molecule has 0 spiro atoms. The van der Waals surface area contributed by atoms with Crippen LogP contribution in [0.5, 0.6) is 23.0 Å². The fraction of sp³-hybridized carbons (Fsp3) is 0.586. The molecule has 0 amide bonds. The molecule has 2 heterocycles. The highest BCUT2D eigenvalue weighted by atomic mass is 16.7. The van der Waals surface area contributed by atoms with Crippen molar-refractivity contribution in [2.75, 3.05) is 52.9 Å². The first-order valence-electron chi connectivity index (χ1n) is 26.8. The molecule has 10 unspecified atom stereocenters. The number of aryl methyl sites for hydroxylation is 2. The lowest BCUT2D eigenvalue weighted by atomic mass is 9.89. The van der Waals surface area contributed by atoms with Gasteiger partial charge < -0.3 is 78.7 Å². The van der Waals surface area contributed by atoms with Crippen LogP contribution in [0.1, 0.15) is 122 Å². The SMILES string of the molecule is CCCOc1c2cccc1Cc1cc(CCCOC3OC(CO)C(O)C(O)C3O)cc(c1OCCC)Cc1cccc(c1OCCC)Cc1cc(CCCOC3OC(CO)C(O)C(O)C3O)cc(c1OCCC)C2. The van der Waals surface area contributed by atoms with Crippen molar-refractivity contribution in [1.82, 2.24) is 0 Å². The molecule has 0 saturated carbocycles. The monoisotopic (exact) mass is 1030 g/mol. The topological polar surface area (TPSA) is 236 Å². The van der Waals surface area contributed by atoms with Gasteiger partial charge in [-0.05, 0) is 107 Å². The second-order valence-electron chi connectivity index (χ2n) is 19.7. The Bertz CT molecular complexity index is 2120. The van der Waals surface area contributed by atoms with Gasteiger partial charge in [0.25, 0.3) is 0 Å². The van der Waals surface area contributed by atoms with E-state index in [4.69, 9.17) is 37.9 Å². The molecule has 408 valence electrons. The Morgan fingerprint density at radius 1 is 0.405 bits per heavy atom. The lowest BCUT2D eigenvalue weighted by Gasteiger charge is -2.39. The predicted molar refractivity (Wildman–Crippen MR) is 276 cm³/mol. The summed E-state index contributed by atoms with van der Waals surface area (Å²) < 4.78 is 50.1. The van der Waals surface area contributed by atoms with Gasteiger partial charge >= 0.3 is 0 Å². The maximum atomic E-state index is 10.6. The molecule has 74 heavy (non-hydrogen) atoms. The summed E-state index contributed by atoms with van der Waals surface area (Å²) in [6, 6.07) is 21.4. The van der Waals surface area contributed by atoms with Gasteiger partial charge in [-0.2, -0.15) is 0 Å². The third kappa shape index (κ3) is 14.1. The minimum absolute atomic E-state index is 0.178. The first-order valence-corrected chi connectivity index (χ1v) is 26.8. The molecule has 16 heteroatoms. The summed E-state index contributed by atoms with van der Waals surface area (Å²) in [4.78, 5) is 0. The molecule has 0 radical (unpaired) electrons. The molecule has 10 atom stereocenters. The standard InChI is InChI=1S/C58H80O16/c1-5-19-67-53-37-15-9-16-38(53)30-42-26-36(14-12-24-72-58-52(66)50(64)48(62)46(34-60)74-58)28-44(56(42)70-22-8-4)32-40-18-10-17-39(54(40)68-20-6-2)31-43-27-35(25-41(29-37)55(43)69-21-7-3)13-11-23-71-57-51(65)49(63)47(61)45(33-59)73-57/h9-10,15-18,25-28,45-52,57-66H,5-8,11-14,19-24,29-34H2,1-4H3. The van der Waals surface area contributed by atoms with Gasteiger partial charge in [0.05, 0.1) is 52.9 Å². The van der Waals surface area contributed by atoms with Gasteiger partial charge in [-0.3, -0.25) is 0 Å². The average Bonchev–Trinajstić information content (AvgIpc) is 3.39. The Kier molecular flexibility index (Phi) is 21.8. The molecular formula is C58H80O16. The number of aliphatic hydroxyl groups is 8. The first kappa shape index (κ1) is 57.3. The highest BCUT2D eigenvalue weighted by Crippen LogP contribution is 2.41. The second kappa shape index (κ2) is 28.1. The van der Waals surface area contributed by atoms with Crippen molar-refractivity contribution in [3.63, 3.8) is 0 Å². The van der Waals surface area contributed by atoms with E-state index in [0.29, 0.717) is 77.8 Å². The number of hydrogen-bond donors (Lipinski definition) is 8. The summed E-state index contributed by atoms with van der Waals surface area (Å²) in [5.74, 6) is 3.26. The van der Waals surface area contributed by atoms with Crippen LogP contribution >= 0.6 is 0 Å². The molecule has 3 aliphatic rings.